The van der Waals surface area contributed by atoms with Gasteiger partial charge in [0.25, 0.3) is 5.69 Å². The highest BCUT2D eigenvalue weighted by Crippen LogP contribution is 2.34. The van der Waals surface area contributed by atoms with E-state index in [-0.39, 0.29) is 28.9 Å². The van der Waals surface area contributed by atoms with Crippen LogP contribution in [0.1, 0.15) is 5.69 Å². The van der Waals surface area contributed by atoms with Gasteiger partial charge in [-0.1, -0.05) is 11.6 Å². The molecule has 7 nitrogen and oxygen atoms in total. The molecule has 2 heterocycles. The number of fused-ring (bicyclic) bond motifs is 1. The number of hydrogen-bond acceptors (Lipinski definition) is 6. The summed E-state index contributed by atoms with van der Waals surface area (Å²) in [5.74, 6) is 0.290. The summed E-state index contributed by atoms with van der Waals surface area (Å²) in [6, 6.07) is 3.89. The largest absolute Gasteiger partial charge is 0.435 e. The second-order valence-corrected chi connectivity index (χ2v) is 5.33. The van der Waals surface area contributed by atoms with Gasteiger partial charge in [-0.15, -0.1) is 11.3 Å². The summed E-state index contributed by atoms with van der Waals surface area (Å²) in [6.45, 7) is -0.278. The lowest BCUT2D eigenvalue weighted by Gasteiger charge is -2.06. The van der Waals surface area contributed by atoms with E-state index in [0.29, 0.717) is 10.7 Å². The van der Waals surface area contributed by atoms with Gasteiger partial charge in [-0.25, -0.2) is 0 Å². The van der Waals surface area contributed by atoms with Crippen molar-refractivity contribution in [3.8, 4) is 11.6 Å². The average Bonchev–Trinajstić information content (AvgIpc) is 3.01. The van der Waals surface area contributed by atoms with E-state index in [1.54, 1.807) is 10.6 Å². The molecule has 0 amide bonds. The third-order valence-electron chi connectivity index (χ3n) is 2.81. The van der Waals surface area contributed by atoms with Crippen molar-refractivity contribution >= 4 is 33.6 Å². The van der Waals surface area contributed by atoms with Gasteiger partial charge in [0, 0.05) is 17.6 Å². The Morgan fingerprint density at radius 2 is 2.33 bits per heavy atom. The first-order valence-electron chi connectivity index (χ1n) is 5.77. The Morgan fingerprint density at radius 1 is 1.52 bits per heavy atom. The van der Waals surface area contributed by atoms with E-state index < -0.39 is 4.92 Å². The number of rotatable bonds is 4. The smallest absolute Gasteiger partial charge is 0.273 e. The van der Waals surface area contributed by atoms with Gasteiger partial charge < -0.3 is 9.84 Å². The summed E-state index contributed by atoms with van der Waals surface area (Å²) in [5, 5.41) is 22.3. The minimum Gasteiger partial charge on any atom is -0.435 e. The summed E-state index contributed by atoms with van der Waals surface area (Å²) in [6.07, 6.45) is 1.75. The number of halogens is 1. The van der Waals surface area contributed by atoms with E-state index in [4.69, 9.17) is 16.3 Å². The molecule has 3 rings (SSSR count). The van der Waals surface area contributed by atoms with Crippen LogP contribution < -0.4 is 4.74 Å². The minimum absolute atomic E-state index is 0.117. The quantitative estimate of drug-likeness (QED) is 0.587. The average molecular weight is 326 g/mol. The fourth-order valence-electron chi connectivity index (χ4n) is 1.83. The second kappa shape index (κ2) is 5.32. The number of thiazole rings is 1. The summed E-state index contributed by atoms with van der Waals surface area (Å²) in [7, 11) is 0. The number of nitro groups is 1. The molecule has 3 aromatic rings. The van der Waals surface area contributed by atoms with Gasteiger partial charge in [-0.05, 0) is 6.07 Å². The van der Waals surface area contributed by atoms with E-state index in [1.165, 1.54) is 29.5 Å². The summed E-state index contributed by atoms with van der Waals surface area (Å²) < 4.78 is 7.23. The maximum atomic E-state index is 10.8. The van der Waals surface area contributed by atoms with Crippen LogP contribution in [0.3, 0.4) is 0 Å². The third kappa shape index (κ3) is 2.44. The maximum absolute atomic E-state index is 10.8. The first kappa shape index (κ1) is 13.8. The molecule has 0 saturated heterocycles. The van der Waals surface area contributed by atoms with Gasteiger partial charge in [-0.3, -0.25) is 14.5 Å². The number of aromatic nitrogens is 2. The van der Waals surface area contributed by atoms with Crippen molar-refractivity contribution in [1.82, 2.24) is 9.38 Å². The number of benzene rings is 1. The molecule has 0 spiro atoms. The number of imidazole rings is 1. The van der Waals surface area contributed by atoms with Gasteiger partial charge >= 0.3 is 0 Å². The predicted molar refractivity (Wildman–Crippen MR) is 77.2 cm³/mol. The maximum Gasteiger partial charge on any atom is 0.273 e. The molecular formula is C12H8ClN3O4S. The standard InChI is InChI=1S/C12H8ClN3O4S/c13-8-2-1-7(16(18)19)5-10(8)20-11-9(6-17)15-3-4-21-12(15)14-11/h1-5,17H,6H2. The zero-order valence-corrected chi connectivity index (χ0v) is 12.0. The van der Waals surface area contributed by atoms with E-state index in [0.717, 1.165) is 0 Å². The third-order valence-corrected chi connectivity index (χ3v) is 3.88. The van der Waals surface area contributed by atoms with Gasteiger partial charge in [0.15, 0.2) is 10.7 Å². The molecule has 0 bridgehead atoms. The highest BCUT2D eigenvalue weighted by atomic mass is 35.5. The molecule has 0 atom stereocenters. The van der Waals surface area contributed by atoms with Gasteiger partial charge in [-0.2, -0.15) is 4.98 Å². The summed E-state index contributed by atoms with van der Waals surface area (Å²) in [5.41, 5.74) is 0.315. The van der Waals surface area contributed by atoms with Crippen LogP contribution in [0.5, 0.6) is 11.6 Å². The van der Waals surface area contributed by atoms with Gasteiger partial charge in [0.1, 0.15) is 5.69 Å². The molecule has 9 heteroatoms. The molecule has 0 aliphatic heterocycles. The number of nitro benzene ring substituents is 1. The molecule has 0 radical (unpaired) electrons. The van der Waals surface area contributed by atoms with Crippen molar-refractivity contribution in [1.29, 1.82) is 0 Å². The molecule has 21 heavy (non-hydrogen) atoms. The molecule has 108 valence electrons. The van der Waals surface area contributed by atoms with Crippen LogP contribution >= 0.6 is 22.9 Å². The van der Waals surface area contributed by atoms with Crippen LogP contribution in [0.2, 0.25) is 5.02 Å². The Balaban J connectivity index is 2.03. The van der Waals surface area contributed by atoms with Crippen molar-refractivity contribution in [2.24, 2.45) is 0 Å². The minimum atomic E-state index is -0.540. The molecule has 1 aromatic carbocycles. The summed E-state index contributed by atoms with van der Waals surface area (Å²) in [4.78, 5) is 15.1. The zero-order chi connectivity index (χ0) is 15.0. The van der Waals surface area contributed by atoms with Crippen LogP contribution in [-0.2, 0) is 6.61 Å². The number of aliphatic hydroxyl groups excluding tert-OH is 1. The topological polar surface area (TPSA) is 89.9 Å². The Kier molecular flexibility index (Phi) is 3.50. The van der Waals surface area contributed by atoms with Crippen LogP contribution in [0.4, 0.5) is 5.69 Å². The van der Waals surface area contributed by atoms with Crippen LogP contribution in [0.15, 0.2) is 29.8 Å². The van der Waals surface area contributed by atoms with Crippen LogP contribution in [0.25, 0.3) is 4.96 Å². The molecule has 1 N–H and O–H groups in total. The monoisotopic (exact) mass is 325 g/mol. The van der Waals surface area contributed by atoms with E-state index in [9.17, 15) is 15.2 Å². The Bertz CT molecular complexity index is 829. The van der Waals surface area contributed by atoms with Crippen LogP contribution in [-0.4, -0.2) is 19.4 Å². The van der Waals surface area contributed by atoms with E-state index in [1.807, 2.05) is 5.38 Å². The van der Waals surface area contributed by atoms with Crippen molar-refractivity contribution in [2.45, 2.75) is 6.61 Å². The van der Waals surface area contributed by atoms with Crippen molar-refractivity contribution in [3.63, 3.8) is 0 Å². The number of non-ortho nitro benzene ring substituents is 1. The predicted octanol–water partition coefficient (Wildman–Crippen LogP) is 3.24. The van der Waals surface area contributed by atoms with E-state index >= 15 is 0 Å². The van der Waals surface area contributed by atoms with Gasteiger partial charge in [0.2, 0.25) is 5.88 Å². The van der Waals surface area contributed by atoms with E-state index in [2.05, 4.69) is 4.98 Å². The lowest BCUT2D eigenvalue weighted by atomic mass is 10.3. The Labute approximate surface area is 127 Å². The van der Waals surface area contributed by atoms with Crippen molar-refractivity contribution in [2.75, 3.05) is 0 Å². The molecule has 0 fully saturated rings. The molecule has 0 aliphatic rings. The Morgan fingerprint density at radius 3 is 3.05 bits per heavy atom. The summed E-state index contributed by atoms with van der Waals surface area (Å²) >= 11 is 7.36. The van der Waals surface area contributed by atoms with Gasteiger partial charge in [0.05, 0.1) is 22.6 Å². The normalized spacial score (nSPS) is 11.0. The zero-order valence-electron chi connectivity index (χ0n) is 10.4. The second-order valence-electron chi connectivity index (χ2n) is 4.05. The number of hydrogen-bond donors (Lipinski definition) is 1. The number of ether oxygens (including phenoxy) is 1. The Hall–Kier alpha value is -2.16. The van der Waals surface area contributed by atoms with Crippen molar-refractivity contribution in [3.05, 3.63) is 50.6 Å². The first-order valence-corrected chi connectivity index (χ1v) is 7.03. The molecule has 0 aliphatic carbocycles. The fraction of sp³-hybridized carbons (Fsp3) is 0.0833. The lowest BCUT2D eigenvalue weighted by Crippen LogP contribution is -1.95. The number of nitrogens with zero attached hydrogens (tertiary/aromatic N) is 3. The van der Waals surface area contributed by atoms with Crippen molar-refractivity contribution < 1.29 is 14.8 Å². The molecule has 0 unspecified atom stereocenters. The first-order chi connectivity index (χ1) is 10.1. The molecule has 2 aromatic heterocycles. The highest BCUT2D eigenvalue weighted by Gasteiger charge is 2.17. The fourth-order valence-corrected chi connectivity index (χ4v) is 2.71. The van der Waals surface area contributed by atoms with Crippen LogP contribution in [0, 0.1) is 10.1 Å². The number of aliphatic hydroxyl groups is 1. The highest BCUT2D eigenvalue weighted by molar-refractivity contribution is 7.15. The molecular weight excluding hydrogens is 318 g/mol. The molecule has 0 saturated carbocycles. The lowest BCUT2D eigenvalue weighted by molar-refractivity contribution is -0.384. The SMILES string of the molecule is O=[N+]([O-])c1ccc(Cl)c(Oc2nc3sccn3c2CO)c1.